The van der Waals surface area contributed by atoms with Crippen molar-refractivity contribution in [3.63, 3.8) is 0 Å². The molecule has 8 nitrogen and oxygen atoms in total. The van der Waals surface area contributed by atoms with E-state index in [1.54, 1.807) is 13.8 Å². The van der Waals surface area contributed by atoms with Crippen molar-refractivity contribution in [3.8, 4) is 28.7 Å². The highest BCUT2D eigenvalue weighted by atomic mass is 16.6. The number of carboxylic acid groups (broad SMARTS) is 1. The van der Waals surface area contributed by atoms with Crippen molar-refractivity contribution in [2.75, 3.05) is 7.11 Å². The van der Waals surface area contributed by atoms with Gasteiger partial charge in [-0.2, -0.15) is 0 Å². The van der Waals surface area contributed by atoms with E-state index in [0.717, 1.165) is 0 Å². The number of phenols is 1. The van der Waals surface area contributed by atoms with Gasteiger partial charge in [0.25, 0.3) is 0 Å². The number of benzene rings is 2. The summed E-state index contributed by atoms with van der Waals surface area (Å²) in [6, 6.07) is 2.89. The molecule has 1 heterocycles. The highest BCUT2D eigenvalue weighted by molar-refractivity contribution is 6.00. The Morgan fingerprint density at radius 2 is 1.86 bits per heavy atom. The van der Waals surface area contributed by atoms with Crippen molar-refractivity contribution in [2.24, 2.45) is 0 Å². The Balaban J connectivity index is 2.30. The van der Waals surface area contributed by atoms with Crippen LogP contribution in [0, 0.1) is 13.8 Å². The molecule has 2 aromatic carbocycles. The minimum atomic E-state index is -1.27. The first-order valence-corrected chi connectivity index (χ1v) is 9.09. The number of phenolic OH excluding ortho intramolecular Hbond substituents is 1. The van der Waals surface area contributed by atoms with Crippen molar-refractivity contribution in [1.82, 2.24) is 5.32 Å². The van der Waals surface area contributed by atoms with Gasteiger partial charge in [0, 0.05) is 18.2 Å². The van der Waals surface area contributed by atoms with Crippen LogP contribution in [0.25, 0.3) is 0 Å². The van der Waals surface area contributed by atoms with Crippen LogP contribution >= 0.6 is 0 Å². The standard InChI is InChI=1S/C21H23NO7/c1-9(2)22-8-13-14(23)6-10(3)16-18(13)28-19-12(20(24)25)7-15(27-5)11(4)17(19)29-21(16)26/h6-7,9,22-23H,8H2,1-5H3,(H,24,25). The Morgan fingerprint density at radius 3 is 2.45 bits per heavy atom. The molecule has 1 aliphatic rings. The molecule has 0 aliphatic carbocycles. The van der Waals surface area contributed by atoms with Gasteiger partial charge in [-0.1, -0.05) is 13.8 Å². The van der Waals surface area contributed by atoms with Gasteiger partial charge in [-0.05, 0) is 31.5 Å². The average Bonchev–Trinajstić information content (AvgIpc) is 2.78. The Morgan fingerprint density at radius 1 is 1.17 bits per heavy atom. The number of carboxylic acids is 1. The molecule has 3 rings (SSSR count). The molecule has 0 amide bonds. The summed E-state index contributed by atoms with van der Waals surface area (Å²) in [4.78, 5) is 24.8. The summed E-state index contributed by atoms with van der Waals surface area (Å²) in [6.45, 7) is 7.37. The van der Waals surface area contributed by atoms with Crippen LogP contribution in [0.2, 0.25) is 0 Å². The minimum Gasteiger partial charge on any atom is -0.507 e. The Labute approximate surface area is 168 Å². The summed E-state index contributed by atoms with van der Waals surface area (Å²) < 4.78 is 16.8. The Kier molecular flexibility index (Phi) is 5.39. The molecule has 3 N–H and O–H groups in total. The molecule has 0 fully saturated rings. The lowest BCUT2D eigenvalue weighted by Gasteiger charge is -2.18. The first kappa shape index (κ1) is 20.5. The molecule has 8 heteroatoms. The molecule has 0 aromatic heterocycles. The minimum absolute atomic E-state index is 0.0235. The number of carbonyl (C=O) groups is 2. The maximum atomic E-state index is 12.9. The number of methoxy groups -OCH3 is 1. The number of esters is 1. The van der Waals surface area contributed by atoms with Crippen LogP contribution in [0.15, 0.2) is 12.1 Å². The van der Waals surface area contributed by atoms with Crippen molar-refractivity contribution >= 4 is 11.9 Å². The number of nitrogens with one attached hydrogen (secondary N) is 1. The van der Waals surface area contributed by atoms with Gasteiger partial charge in [-0.15, -0.1) is 0 Å². The SMILES string of the molecule is COc1cc(C(=O)O)c2c(c1C)OC(=O)c1c(C)cc(O)c(CNC(C)C)c1O2. The summed E-state index contributed by atoms with van der Waals surface area (Å²) in [5, 5.41) is 23.3. The van der Waals surface area contributed by atoms with E-state index < -0.39 is 11.9 Å². The van der Waals surface area contributed by atoms with Gasteiger partial charge < -0.3 is 29.7 Å². The van der Waals surface area contributed by atoms with Crippen molar-refractivity contribution in [1.29, 1.82) is 0 Å². The van der Waals surface area contributed by atoms with Crippen LogP contribution in [0.3, 0.4) is 0 Å². The molecule has 1 aliphatic heterocycles. The molecule has 154 valence electrons. The molecule has 0 bridgehead atoms. The van der Waals surface area contributed by atoms with Gasteiger partial charge in [-0.3, -0.25) is 0 Å². The normalized spacial score (nSPS) is 12.6. The van der Waals surface area contributed by atoms with E-state index in [4.69, 9.17) is 14.2 Å². The van der Waals surface area contributed by atoms with E-state index in [0.29, 0.717) is 16.7 Å². The van der Waals surface area contributed by atoms with Crippen molar-refractivity contribution in [3.05, 3.63) is 39.9 Å². The topological polar surface area (TPSA) is 114 Å². The molecule has 0 saturated carbocycles. The zero-order chi connectivity index (χ0) is 21.5. The lowest BCUT2D eigenvalue weighted by Crippen LogP contribution is -2.22. The van der Waals surface area contributed by atoms with Crippen LogP contribution in [0.1, 0.15) is 51.3 Å². The fourth-order valence-electron chi connectivity index (χ4n) is 3.20. The van der Waals surface area contributed by atoms with E-state index >= 15 is 0 Å². The molecule has 0 spiro atoms. The van der Waals surface area contributed by atoms with E-state index in [1.165, 1.54) is 19.2 Å². The fraction of sp³-hybridized carbons (Fsp3) is 0.333. The predicted molar refractivity (Wildman–Crippen MR) is 105 cm³/mol. The molecular formula is C21H23NO7. The lowest BCUT2D eigenvalue weighted by molar-refractivity contribution is 0.0685. The number of hydrogen-bond donors (Lipinski definition) is 3. The molecular weight excluding hydrogens is 378 g/mol. The zero-order valence-electron chi connectivity index (χ0n) is 16.9. The largest absolute Gasteiger partial charge is 0.507 e. The van der Waals surface area contributed by atoms with Gasteiger partial charge in [0.2, 0.25) is 0 Å². The van der Waals surface area contributed by atoms with Crippen LogP contribution in [0.5, 0.6) is 28.7 Å². The smallest absolute Gasteiger partial charge is 0.347 e. The first-order chi connectivity index (χ1) is 13.6. The number of aromatic hydroxyl groups is 1. The number of ether oxygens (including phenoxy) is 3. The van der Waals surface area contributed by atoms with Gasteiger partial charge in [0.1, 0.15) is 22.6 Å². The van der Waals surface area contributed by atoms with Crippen LogP contribution < -0.4 is 19.5 Å². The highest BCUT2D eigenvalue weighted by Crippen LogP contribution is 2.48. The van der Waals surface area contributed by atoms with Gasteiger partial charge in [0.15, 0.2) is 17.2 Å². The molecule has 29 heavy (non-hydrogen) atoms. The third-order valence-corrected chi connectivity index (χ3v) is 4.73. The lowest BCUT2D eigenvalue weighted by atomic mass is 10.0. The van der Waals surface area contributed by atoms with E-state index in [1.807, 2.05) is 13.8 Å². The highest BCUT2D eigenvalue weighted by Gasteiger charge is 2.34. The van der Waals surface area contributed by atoms with E-state index in [9.17, 15) is 19.8 Å². The molecule has 0 radical (unpaired) electrons. The quantitative estimate of drug-likeness (QED) is 0.515. The number of rotatable bonds is 5. The van der Waals surface area contributed by atoms with Crippen LogP contribution in [0.4, 0.5) is 0 Å². The summed E-state index contributed by atoms with van der Waals surface area (Å²) >= 11 is 0. The number of hydrogen-bond acceptors (Lipinski definition) is 7. The van der Waals surface area contributed by atoms with Crippen molar-refractivity contribution in [2.45, 2.75) is 40.3 Å². The third-order valence-electron chi connectivity index (χ3n) is 4.73. The van der Waals surface area contributed by atoms with Gasteiger partial charge >= 0.3 is 11.9 Å². The first-order valence-electron chi connectivity index (χ1n) is 9.09. The summed E-state index contributed by atoms with van der Waals surface area (Å²) in [6.07, 6.45) is 0. The van der Waals surface area contributed by atoms with E-state index in [-0.39, 0.29) is 52.5 Å². The maximum Gasteiger partial charge on any atom is 0.347 e. The van der Waals surface area contributed by atoms with Crippen LogP contribution in [-0.2, 0) is 6.54 Å². The maximum absolute atomic E-state index is 12.9. The monoisotopic (exact) mass is 401 g/mol. The van der Waals surface area contributed by atoms with Gasteiger partial charge in [-0.25, -0.2) is 9.59 Å². The fourth-order valence-corrected chi connectivity index (χ4v) is 3.20. The summed E-state index contributed by atoms with van der Waals surface area (Å²) in [5.41, 5.74) is 1.14. The van der Waals surface area contributed by atoms with Crippen LogP contribution in [-0.4, -0.2) is 35.3 Å². The number of fused-ring (bicyclic) bond motifs is 2. The molecule has 2 aromatic rings. The summed E-state index contributed by atoms with van der Waals surface area (Å²) in [7, 11) is 1.40. The molecule has 0 saturated heterocycles. The predicted octanol–water partition coefficient (Wildman–Crippen LogP) is 3.54. The van der Waals surface area contributed by atoms with Gasteiger partial charge in [0.05, 0.1) is 12.7 Å². The average molecular weight is 401 g/mol. The van der Waals surface area contributed by atoms with Crippen molar-refractivity contribution < 1.29 is 34.0 Å². The number of aryl methyl sites for hydroxylation is 1. The second-order valence-corrected chi connectivity index (χ2v) is 7.14. The van der Waals surface area contributed by atoms with E-state index in [2.05, 4.69) is 5.32 Å². The molecule has 0 unspecified atom stereocenters. The number of carbonyl (C=O) groups excluding carboxylic acids is 1. The summed E-state index contributed by atoms with van der Waals surface area (Å²) in [5.74, 6) is -1.83. The number of aromatic carboxylic acids is 1. The third kappa shape index (κ3) is 3.58. The second-order valence-electron chi connectivity index (χ2n) is 7.14. The Bertz CT molecular complexity index is 1010. The Hall–Kier alpha value is -3.26. The molecule has 0 atom stereocenters. The zero-order valence-corrected chi connectivity index (χ0v) is 16.9. The second kappa shape index (κ2) is 7.63.